The highest BCUT2D eigenvalue weighted by Crippen LogP contribution is 2.09. The summed E-state index contributed by atoms with van der Waals surface area (Å²) >= 11 is 0. The van der Waals surface area contributed by atoms with E-state index < -0.39 is 0 Å². The van der Waals surface area contributed by atoms with Crippen molar-refractivity contribution in [2.75, 3.05) is 26.7 Å². The first-order valence-corrected chi connectivity index (χ1v) is 4.60. The Morgan fingerprint density at radius 1 is 1.77 bits per heavy atom. The molecule has 1 aliphatic heterocycles. The fourth-order valence-corrected chi connectivity index (χ4v) is 1.43. The molecule has 0 aromatic heterocycles. The first-order chi connectivity index (χ1) is 6.29. The van der Waals surface area contributed by atoms with Gasteiger partial charge < -0.3 is 10.1 Å². The van der Waals surface area contributed by atoms with E-state index in [9.17, 15) is 4.79 Å². The molecule has 0 aliphatic carbocycles. The maximum Gasteiger partial charge on any atom is 0.161 e. The molecule has 0 bridgehead atoms. The van der Waals surface area contributed by atoms with Gasteiger partial charge >= 0.3 is 0 Å². The van der Waals surface area contributed by atoms with Gasteiger partial charge in [0.15, 0.2) is 6.23 Å². The molecule has 1 fully saturated rings. The van der Waals surface area contributed by atoms with Gasteiger partial charge in [0.25, 0.3) is 0 Å². The van der Waals surface area contributed by atoms with E-state index in [2.05, 4.69) is 5.32 Å². The van der Waals surface area contributed by atoms with Gasteiger partial charge in [0.2, 0.25) is 0 Å². The molecule has 1 unspecified atom stereocenters. The molecule has 0 amide bonds. The predicted molar refractivity (Wildman–Crippen MR) is 49.9 cm³/mol. The molecule has 0 radical (unpaired) electrons. The van der Waals surface area contributed by atoms with Crippen LogP contribution in [0.3, 0.4) is 0 Å². The number of hydrogen-bond acceptors (Lipinski definition) is 4. The van der Waals surface area contributed by atoms with E-state index in [1.54, 1.807) is 0 Å². The molecule has 4 nitrogen and oxygen atoms in total. The minimum Gasteiger partial charge on any atom is -0.376 e. The molecule has 74 valence electrons. The molecule has 13 heavy (non-hydrogen) atoms. The van der Waals surface area contributed by atoms with Gasteiger partial charge in [-0.3, -0.25) is 4.90 Å². The van der Waals surface area contributed by atoms with Gasteiger partial charge in [0, 0.05) is 19.7 Å². The van der Waals surface area contributed by atoms with Crippen molar-refractivity contribution in [1.82, 2.24) is 10.2 Å². The molecule has 0 aromatic rings. The lowest BCUT2D eigenvalue weighted by atomic mass is 10.4. The molecular formula is C9H16N2O2. The Balaban J connectivity index is 2.73. The van der Waals surface area contributed by atoms with Crippen molar-refractivity contribution in [3.05, 3.63) is 5.70 Å². The second-order valence-corrected chi connectivity index (χ2v) is 3.08. The van der Waals surface area contributed by atoms with Gasteiger partial charge in [0.1, 0.15) is 11.6 Å². The molecule has 1 atom stereocenters. The molecule has 1 aliphatic rings. The summed E-state index contributed by atoms with van der Waals surface area (Å²) in [5, 5.41) is 3.02. The molecule has 0 saturated carbocycles. The molecule has 4 heteroatoms. The fourth-order valence-electron chi connectivity index (χ4n) is 1.43. The van der Waals surface area contributed by atoms with Crippen LogP contribution in [0.15, 0.2) is 5.70 Å². The zero-order valence-electron chi connectivity index (χ0n) is 8.17. The van der Waals surface area contributed by atoms with Crippen LogP contribution in [0.2, 0.25) is 0 Å². The number of nitrogens with zero attached hydrogens (tertiary/aromatic N) is 1. The van der Waals surface area contributed by atoms with Crippen LogP contribution in [0, 0.1) is 0 Å². The fraction of sp³-hybridized carbons (Fsp3) is 0.778. The smallest absolute Gasteiger partial charge is 0.161 e. The van der Waals surface area contributed by atoms with E-state index in [1.165, 1.54) is 0 Å². The van der Waals surface area contributed by atoms with Crippen LogP contribution in [0.1, 0.15) is 13.3 Å². The Morgan fingerprint density at radius 3 is 3.15 bits per heavy atom. The summed E-state index contributed by atoms with van der Waals surface area (Å²) in [6.07, 6.45) is 0.774. The van der Waals surface area contributed by atoms with Crippen molar-refractivity contribution in [3.8, 4) is 0 Å². The van der Waals surface area contributed by atoms with Gasteiger partial charge in [-0.15, -0.1) is 0 Å². The third kappa shape index (κ3) is 2.56. The van der Waals surface area contributed by atoms with Crippen LogP contribution >= 0.6 is 0 Å². The largest absolute Gasteiger partial charge is 0.376 e. The van der Waals surface area contributed by atoms with E-state index in [1.807, 2.05) is 24.8 Å². The monoisotopic (exact) mass is 184 g/mol. The Kier molecular flexibility index (Phi) is 3.96. The van der Waals surface area contributed by atoms with Crippen LogP contribution in [0.4, 0.5) is 0 Å². The van der Waals surface area contributed by atoms with E-state index in [0.29, 0.717) is 12.3 Å². The van der Waals surface area contributed by atoms with Crippen molar-refractivity contribution in [2.24, 2.45) is 0 Å². The second kappa shape index (κ2) is 5.02. The number of ether oxygens (including phenoxy) is 1. The first kappa shape index (κ1) is 10.3. The second-order valence-electron chi connectivity index (χ2n) is 3.08. The lowest BCUT2D eigenvalue weighted by Gasteiger charge is -2.24. The highest BCUT2D eigenvalue weighted by molar-refractivity contribution is 5.53. The Hall–Kier alpha value is -0.830. The van der Waals surface area contributed by atoms with Crippen LogP contribution in [-0.2, 0) is 9.53 Å². The SMILES string of the molecule is CCOC1C(=C=O)NCCCN1C. The Bertz CT molecular complexity index is 212. The van der Waals surface area contributed by atoms with Crippen molar-refractivity contribution in [3.63, 3.8) is 0 Å². The number of hydrogen-bond donors (Lipinski definition) is 1. The molecule has 0 spiro atoms. The van der Waals surface area contributed by atoms with E-state index >= 15 is 0 Å². The zero-order valence-corrected chi connectivity index (χ0v) is 8.17. The van der Waals surface area contributed by atoms with Crippen molar-refractivity contribution < 1.29 is 9.53 Å². The summed E-state index contributed by atoms with van der Waals surface area (Å²) in [4.78, 5) is 12.6. The molecule has 1 rings (SSSR count). The minimum atomic E-state index is -0.245. The summed E-state index contributed by atoms with van der Waals surface area (Å²) in [6.45, 7) is 4.27. The molecule has 0 aromatic carbocycles. The van der Waals surface area contributed by atoms with Crippen molar-refractivity contribution in [2.45, 2.75) is 19.6 Å². The highest BCUT2D eigenvalue weighted by Gasteiger charge is 2.22. The van der Waals surface area contributed by atoms with E-state index in [4.69, 9.17) is 4.74 Å². The van der Waals surface area contributed by atoms with Crippen LogP contribution in [0.25, 0.3) is 0 Å². The van der Waals surface area contributed by atoms with Gasteiger partial charge in [-0.1, -0.05) is 0 Å². The summed E-state index contributed by atoms with van der Waals surface area (Å²) in [5.74, 6) is 1.90. The number of carbonyl (C=O) groups excluding carboxylic acids is 1. The van der Waals surface area contributed by atoms with Gasteiger partial charge in [-0.25, -0.2) is 4.79 Å². The normalized spacial score (nSPS) is 24.8. The number of rotatable bonds is 2. The van der Waals surface area contributed by atoms with E-state index in [-0.39, 0.29) is 6.23 Å². The Morgan fingerprint density at radius 2 is 2.54 bits per heavy atom. The average molecular weight is 184 g/mol. The quantitative estimate of drug-likeness (QED) is 0.613. The number of likely N-dealkylation sites (N-methyl/N-ethyl adjacent to an activating group) is 1. The lowest BCUT2D eigenvalue weighted by molar-refractivity contribution is -0.0142. The zero-order chi connectivity index (χ0) is 9.68. The molecule has 1 N–H and O–H groups in total. The summed E-state index contributed by atoms with van der Waals surface area (Å²) in [7, 11) is 1.95. The van der Waals surface area contributed by atoms with Crippen LogP contribution in [0.5, 0.6) is 0 Å². The summed E-state index contributed by atoms with van der Waals surface area (Å²) < 4.78 is 5.44. The maximum absolute atomic E-state index is 10.6. The summed E-state index contributed by atoms with van der Waals surface area (Å²) in [5.41, 5.74) is 0.516. The van der Waals surface area contributed by atoms with Crippen molar-refractivity contribution >= 4 is 5.94 Å². The maximum atomic E-state index is 10.6. The van der Waals surface area contributed by atoms with Gasteiger partial charge in [0.05, 0.1) is 0 Å². The third-order valence-electron chi connectivity index (χ3n) is 2.08. The minimum absolute atomic E-state index is 0.245. The predicted octanol–water partition coefficient (Wildman–Crippen LogP) is -0.0104. The van der Waals surface area contributed by atoms with Gasteiger partial charge in [-0.2, -0.15) is 0 Å². The third-order valence-corrected chi connectivity index (χ3v) is 2.08. The van der Waals surface area contributed by atoms with Crippen LogP contribution in [-0.4, -0.2) is 43.8 Å². The Labute approximate surface area is 78.5 Å². The lowest BCUT2D eigenvalue weighted by Crippen LogP contribution is -2.37. The first-order valence-electron chi connectivity index (χ1n) is 4.60. The van der Waals surface area contributed by atoms with Crippen molar-refractivity contribution in [1.29, 1.82) is 0 Å². The van der Waals surface area contributed by atoms with Crippen LogP contribution < -0.4 is 5.32 Å². The summed E-state index contributed by atoms with van der Waals surface area (Å²) in [6, 6.07) is 0. The highest BCUT2D eigenvalue weighted by atomic mass is 16.5. The molecule has 1 heterocycles. The van der Waals surface area contributed by atoms with E-state index in [0.717, 1.165) is 19.5 Å². The van der Waals surface area contributed by atoms with Gasteiger partial charge in [-0.05, 0) is 20.4 Å². The number of nitrogens with one attached hydrogen (secondary N) is 1. The standard InChI is InChI=1S/C9H16N2O2/c1-3-13-9-8(7-12)10-5-4-6-11(9)2/h9-10H,3-6H2,1-2H3. The molecule has 1 saturated heterocycles. The molecular weight excluding hydrogens is 168 g/mol. The average Bonchev–Trinajstić information content (AvgIpc) is 2.30. The topological polar surface area (TPSA) is 41.6 Å².